The van der Waals surface area contributed by atoms with Crippen molar-refractivity contribution in [2.24, 2.45) is 10.7 Å². The van der Waals surface area contributed by atoms with E-state index in [0.29, 0.717) is 0 Å². The van der Waals surface area contributed by atoms with Gasteiger partial charge in [-0.05, 0) is 0 Å². The van der Waals surface area contributed by atoms with Crippen LogP contribution in [0.25, 0.3) is 0 Å². The Bertz CT molecular complexity index is 111. The second kappa shape index (κ2) is 3.43. The molecular formula is C2H3BrN4. The molecule has 0 aromatic heterocycles. The molecule has 7 heavy (non-hydrogen) atoms. The van der Waals surface area contributed by atoms with Gasteiger partial charge in [0.05, 0.1) is 0 Å². The van der Waals surface area contributed by atoms with E-state index < -0.39 is 0 Å². The van der Waals surface area contributed by atoms with Gasteiger partial charge in [-0.3, -0.25) is 4.34 Å². The average molecular weight is 163 g/mol. The largest absolute Gasteiger partial charge is 0.368 e. The summed E-state index contributed by atoms with van der Waals surface area (Å²) in [5, 5.41) is 7.79. The Balaban J connectivity index is 3.56. The van der Waals surface area contributed by atoms with Crippen LogP contribution in [0.1, 0.15) is 0 Å². The van der Waals surface area contributed by atoms with Crippen molar-refractivity contribution in [1.82, 2.24) is 4.34 Å². The lowest BCUT2D eigenvalue weighted by atomic mass is 11.1. The summed E-state index contributed by atoms with van der Waals surface area (Å²) >= 11 is 2.76. The molecule has 0 aromatic carbocycles. The van der Waals surface area contributed by atoms with Crippen molar-refractivity contribution < 1.29 is 0 Å². The van der Waals surface area contributed by atoms with Crippen molar-refractivity contribution in [3.63, 3.8) is 0 Å². The van der Waals surface area contributed by atoms with E-state index in [1.807, 2.05) is 0 Å². The Kier molecular flexibility index (Phi) is 3.06. The van der Waals surface area contributed by atoms with E-state index >= 15 is 0 Å². The van der Waals surface area contributed by atoms with E-state index in [-0.39, 0.29) is 5.96 Å². The van der Waals surface area contributed by atoms with Crippen molar-refractivity contribution in [1.29, 1.82) is 5.26 Å². The number of guanidine groups is 1. The van der Waals surface area contributed by atoms with Gasteiger partial charge in [-0.15, -0.1) is 4.99 Å². The fourth-order valence-corrected chi connectivity index (χ4v) is 0.164. The predicted molar refractivity (Wildman–Crippen MR) is 29.3 cm³/mol. The molecule has 0 atom stereocenters. The van der Waals surface area contributed by atoms with Gasteiger partial charge in [-0.2, -0.15) is 5.26 Å². The van der Waals surface area contributed by atoms with Crippen molar-refractivity contribution in [2.45, 2.75) is 0 Å². The lowest BCUT2D eigenvalue weighted by Crippen LogP contribution is -2.22. The zero-order valence-corrected chi connectivity index (χ0v) is 4.94. The standard InChI is InChI=1S/C2H3BrN4/c3-7-2(5)6-1-4/h(H3,5,6,7). The molecule has 0 aliphatic rings. The van der Waals surface area contributed by atoms with Gasteiger partial charge in [0.15, 0.2) is 0 Å². The monoisotopic (exact) mass is 162 g/mol. The Hall–Kier alpha value is -0.760. The molecule has 4 nitrogen and oxygen atoms in total. The lowest BCUT2D eigenvalue weighted by molar-refractivity contribution is 1.36. The molecule has 0 fully saturated rings. The van der Waals surface area contributed by atoms with Crippen LogP contribution < -0.4 is 10.1 Å². The summed E-state index contributed by atoms with van der Waals surface area (Å²) in [4.78, 5) is 3.09. The Labute approximate surface area is 49.4 Å². The molecule has 3 N–H and O–H groups in total. The predicted octanol–water partition coefficient (Wildman–Crippen LogP) is -0.318. The third-order valence-corrected chi connectivity index (χ3v) is 0.674. The van der Waals surface area contributed by atoms with Crippen LogP contribution >= 0.6 is 16.1 Å². The summed E-state index contributed by atoms with van der Waals surface area (Å²) in [6.07, 6.45) is 1.49. The number of nitrogens with two attached hydrogens (primary N) is 1. The highest BCUT2D eigenvalue weighted by Crippen LogP contribution is 1.65. The van der Waals surface area contributed by atoms with Crippen molar-refractivity contribution in [3.05, 3.63) is 0 Å². The third-order valence-electron chi connectivity index (χ3n) is 0.267. The molecule has 5 heteroatoms. The minimum absolute atomic E-state index is 0.0579. The van der Waals surface area contributed by atoms with E-state index in [9.17, 15) is 0 Å². The van der Waals surface area contributed by atoms with Crippen LogP contribution in [-0.4, -0.2) is 5.96 Å². The fourth-order valence-electron chi connectivity index (χ4n) is 0.0750. The van der Waals surface area contributed by atoms with Crippen LogP contribution in [0.4, 0.5) is 0 Å². The molecular weight excluding hydrogens is 160 g/mol. The van der Waals surface area contributed by atoms with Gasteiger partial charge in [0, 0.05) is 16.1 Å². The maximum absolute atomic E-state index is 7.79. The topological polar surface area (TPSA) is 74.2 Å². The third kappa shape index (κ3) is 3.06. The second-order valence-electron chi connectivity index (χ2n) is 0.692. The summed E-state index contributed by atoms with van der Waals surface area (Å²) in [7, 11) is 0. The SMILES string of the molecule is N#CN=C(N)NBr. The minimum Gasteiger partial charge on any atom is -0.368 e. The number of aliphatic imine (C=N–C) groups is 1. The van der Waals surface area contributed by atoms with Gasteiger partial charge in [-0.25, -0.2) is 0 Å². The summed E-state index contributed by atoms with van der Waals surface area (Å²) in [5.41, 5.74) is 4.95. The van der Waals surface area contributed by atoms with Crippen LogP contribution in [0.15, 0.2) is 4.99 Å². The molecule has 0 amide bonds. The van der Waals surface area contributed by atoms with E-state index in [2.05, 4.69) is 25.5 Å². The molecule has 38 valence electrons. The fraction of sp³-hybridized carbons (Fsp3) is 0. The smallest absolute Gasteiger partial charge is 0.214 e. The first-order chi connectivity index (χ1) is 3.31. The van der Waals surface area contributed by atoms with E-state index in [0.717, 1.165) is 0 Å². The zero-order chi connectivity index (χ0) is 5.70. The number of halogens is 1. The molecule has 0 spiro atoms. The lowest BCUT2D eigenvalue weighted by Gasteiger charge is -1.85. The number of rotatable bonds is 0. The maximum atomic E-state index is 7.79. The first kappa shape index (κ1) is 6.24. The van der Waals surface area contributed by atoms with E-state index in [4.69, 9.17) is 11.0 Å². The summed E-state index contributed by atoms with van der Waals surface area (Å²) in [5.74, 6) is 0.0579. The van der Waals surface area contributed by atoms with Gasteiger partial charge < -0.3 is 5.73 Å². The van der Waals surface area contributed by atoms with Crippen LogP contribution in [0, 0.1) is 11.5 Å². The molecule has 0 unspecified atom stereocenters. The molecule has 0 aromatic rings. The second-order valence-corrected chi connectivity index (χ2v) is 1.09. The summed E-state index contributed by atoms with van der Waals surface area (Å²) < 4.78 is 2.28. The number of hydrogen-bond donors (Lipinski definition) is 2. The maximum Gasteiger partial charge on any atom is 0.214 e. The Morgan fingerprint density at radius 2 is 2.57 bits per heavy atom. The quantitative estimate of drug-likeness (QED) is 0.222. The number of hydrogen-bond acceptors (Lipinski definition) is 2. The zero-order valence-electron chi connectivity index (χ0n) is 3.35. The van der Waals surface area contributed by atoms with Gasteiger partial charge in [0.1, 0.15) is 0 Å². The van der Waals surface area contributed by atoms with Crippen LogP contribution in [-0.2, 0) is 0 Å². The highest BCUT2D eigenvalue weighted by molar-refractivity contribution is 9.08. The normalized spacial score (nSPS) is 10.0. The number of nitrogens with zero attached hydrogens (tertiary/aromatic N) is 2. The molecule has 0 rings (SSSR count). The van der Waals surface area contributed by atoms with Crippen molar-refractivity contribution in [2.75, 3.05) is 0 Å². The average Bonchev–Trinajstić information content (AvgIpc) is 1.68. The molecule has 0 radical (unpaired) electrons. The van der Waals surface area contributed by atoms with Gasteiger partial charge >= 0.3 is 0 Å². The van der Waals surface area contributed by atoms with E-state index in [1.165, 1.54) is 6.19 Å². The summed E-state index contributed by atoms with van der Waals surface area (Å²) in [6.45, 7) is 0. The van der Waals surface area contributed by atoms with Gasteiger partial charge in [-0.1, -0.05) is 0 Å². The van der Waals surface area contributed by atoms with Crippen LogP contribution in [0.5, 0.6) is 0 Å². The summed E-state index contributed by atoms with van der Waals surface area (Å²) in [6, 6.07) is 0. The first-order valence-corrected chi connectivity index (χ1v) is 2.19. The molecule has 0 aliphatic heterocycles. The Morgan fingerprint density at radius 3 is 2.71 bits per heavy atom. The van der Waals surface area contributed by atoms with Crippen molar-refractivity contribution >= 4 is 22.1 Å². The van der Waals surface area contributed by atoms with E-state index in [1.54, 1.807) is 0 Å². The Morgan fingerprint density at radius 1 is 2.00 bits per heavy atom. The van der Waals surface area contributed by atoms with Crippen LogP contribution in [0.2, 0.25) is 0 Å². The minimum atomic E-state index is 0.0579. The van der Waals surface area contributed by atoms with Crippen LogP contribution in [0.3, 0.4) is 0 Å². The molecule has 0 saturated carbocycles. The first-order valence-electron chi connectivity index (χ1n) is 1.40. The molecule has 0 saturated heterocycles. The highest BCUT2D eigenvalue weighted by Gasteiger charge is 1.78. The van der Waals surface area contributed by atoms with Gasteiger partial charge in [0.25, 0.3) is 0 Å². The highest BCUT2D eigenvalue weighted by atomic mass is 79.9. The number of nitriles is 1. The van der Waals surface area contributed by atoms with Crippen molar-refractivity contribution in [3.8, 4) is 6.19 Å². The molecule has 0 heterocycles. The molecule has 0 aliphatic carbocycles. The molecule has 0 bridgehead atoms. The van der Waals surface area contributed by atoms with Gasteiger partial charge in [0.2, 0.25) is 12.2 Å². The number of nitrogens with one attached hydrogen (secondary N) is 1.